The molecule has 0 spiro atoms. The summed E-state index contributed by atoms with van der Waals surface area (Å²) in [6.07, 6.45) is 4.99. The van der Waals surface area contributed by atoms with Gasteiger partial charge in [-0.3, -0.25) is 0 Å². The van der Waals surface area contributed by atoms with Gasteiger partial charge < -0.3 is 10.3 Å². The number of thioether (sulfide) groups is 1. The van der Waals surface area contributed by atoms with Gasteiger partial charge in [-0.2, -0.15) is 16.7 Å². The van der Waals surface area contributed by atoms with Crippen LogP contribution in [0.3, 0.4) is 0 Å². The molecule has 5 atom stereocenters. The van der Waals surface area contributed by atoms with Crippen molar-refractivity contribution >= 4 is 11.8 Å². The van der Waals surface area contributed by atoms with Gasteiger partial charge in [0, 0.05) is 11.3 Å². The summed E-state index contributed by atoms with van der Waals surface area (Å²) in [7, 11) is 0. The van der Waals surface area contributed by atoms with Crippen molar-refractivity contribution in [3.8, 4) is 0 Å². The fourth-order valence-electron chi connectivity index (χ4n) is 3.50. The average molecular weight is 281 g/mol. The van der Waals surface area contributed by atoms with Gasteiger partial charge in [0.1, 0.15) is 0 Å². The monoisotopic (exact) mass is 281 g/mol. The molecule has 2 aliphatic rings. The number of nitrogens with zero attached hydrogens (tertiary/aromatic N) is 2. The number of fused-ring (bicyclic) bond motifs is 2. The lowest BCUT2D eigenvalue weighted by Gasteiger charge is -2.24. The third-order valence-electron chi connectivity index (χ3n) is 4.82. The van der Waals surface area contributed by atoms with Crippen molar-refractivity contribution in [2.75, 3.05) is 0 Å². The van der Waals surface area contributed by atoms with Gasteiger partial charge in [0.15, 0.2) is 5.82 Å². The number of aromatic nitrogens is 2. The van der Waals surface area contributed by atoms with Crippen LogP contribution in [0.1, 0.15) is 57.2 Å². The second kappa shape index (κ2) is 5.44. The Morgan fingerprint density at radius 2 is 2.21 bits per heavy atom. The number of nitrogens with two attached hydrogens (primary N) is 1. The highest BCUT2D eigenvalue weighted by Gasteiger charge is 2.48. The van der Waals surface area contributed by atoms with E-state index >= 15 is 0 Å². The first kappa shape index (κ1) is 13.4. The van der Waals surface area contributed by atoms with Crippen LogP contribution < -0.4 is 5.73 Å². The summed E-state index contributed by atoms with van der Waals surface area (Å²) >= 11 is 1.89. The van der Waals surface area contributed by atoms with Crippen molar-refractivity contribution in [3.63, 3.8) is 0 Å². The minimum absolute atomic E-state index is 0.231. The Bertz CT molecular complexity index is 434. The smallest absolute Gasteiger partial charge is 0.231 e. The lowest BCUT2D eigenvalue weighted by molar-refractivity contribution is 0.278. The summed E-state index contributed by atoms with van der Waals surface area (Å²) < 4.78 is 5.48. The van der Waals surface area contributed by atoms with E-state index in [-0.39, 0.29) is 6.04 Å². The Balaban J connectivity index is 1.65. The van der Waals surface area contributed by atoms with Crippen LogP contribution in [0, 0.1) is 11.8 Å². The molecule has 2 fully saturated rings. The first-order valence-corrected chi connectivity index (χ1v) is 8.43. The van der Waals surface area contributed by atoms with Gasteiger partial charge >= 0.3 is 0 Å². The normalized spacial score (nSPS) is 34.9. The molecule has 3 rings (SSSR count). The van der Waals surface area contributed by atoms with Crippen LogP contribution in [0.4, 0.5) is 0 Å². The van der Waals surface area contributed by atoms with E-state index in [1.165, 1.54) is 25.7 Å². The van der Waals surface area contributed by atoms with Gasteiger partial charge in [-0.25, -0.2) is 0 Å². The standard InChI is InChI=1S/C14H23N3OS/c1-3-8(2)19-7-11-16-14(18-17-11)12-9-4-5-10(6-9)13(12)15/h8-10,12-13H,3-7,15H2,1-2H3. The van der Waals surface area contributed by atoms with Crippen molar-refractivity contribution in [2.24, 2.45) is 17.6 Å². The van der Waals surface area contributed by atoms with Gasteiger partial charge in [0.05, 0.1) is 11.7 Å². The minimum atomic E-state index is 0.231. The van der Waals surface area contributed by atoms with Crippen molar-refractivity contribution in [3.05, 3.63) is 11.7 Å². The Hall–Kier alpha value is -0.550. The molecule has 0 amide bonds. The second-order valence-corrected chi connectivity index (χ2v) is 7.44. The summed E-state index contributed by atoms with van der Waals surface area (Å²) in [6.45, 7) is 4.44. The van der Waals surface area contributed by atoms with E-state index < -0.39 is 0 Å². The van der Waals surface area contributed by atoms with Gasteiger partial charge in [0.25, 0.3) is 0 Å². The van der Waals surface area contributed by atoms with Crippen LogP contribution in [-0.4, -0.2) is 21.4 Å². The topological polar surface area (TPSA) is 64.9 Å². The Kier molecular flexibility index (Phi) is 3.85. The zero-order valence-electron chi connectivity index (χ0n) is 11.7. The molecule has 0 aromatic carbocycles. The summed E-state index contributed by atoms with van der Waals surface area (Å²) in [4.78, 5) is 4.59. The molecule has 2 saturated carbocycles. The first-order valence-electron chi connectivity index (χ1n) is 7.38. The lowest BCUT2D eigenvalue weighted by atomic mass is 9.85. The van der Waals surface area contributed by atoms with E-state index in [0.717, 1.165) is 17.5 Å². The molecule has 0 radical (unpaired) electrons. The lowest BCUT2D eigenvalue weighted by Crippen LogP contribution is -2.34. The fourth-order valence-corrected chi connectivity index (χ4v) is 4.28. The highest BCUT2D eigenvalue weighted by atomic mass is 32.2. The third-order valence-corrected chi connectivity index (χ3v) is 6.15. The molecule has 1 heterocycles. The van der Waals surface area contributed by atoms with Crippen molar-refractivity contribution < 1.29 is 4.52 Å². The van der Waals surface area contributed by atoms with Crippen molar-refractivity contribution in [2.45, 2.75) is 62.5 Å². The number of hydrogen-bond donors (Lipinski definition) is 1. The SMILES string of the molecule is CCC(C)SCc1noc(C2C3CCC(C3)C2N)n1. The van der Waals surface area contributed by atoms with E-state index in [0.29, 0.717) is 23.0 Å². The largest absolute Gasteiger partial charge is 0.339 e. The van der Waals surface area contributed by atoms with Gasteiger partial charge in [0.2, 0.25) is 5.89 Å². The molecule has 2 bridgehead atoms. The molecule has 2 aliphatic carbocycles. The molecule has 5 heteroatoms. The molecule has 4 nitrogen and oxygen atoms in total. The first-order chi connectivity index (χ1) is 9.19. The maximum Gasteiger partial charge on any atom is 0.231 e. The highest BCUT2D eigenvalue weighted by molar-refractivity contribution is 7.99. The van der Waals surface area contributed by atoms with Crippen molar-refractivity contribution in [1.82, 2.24) is 10.1 Å². The van der Waals surface area contributed by atoms with E-state index in [2.05, 4.69) is 24.0 Å². The maximum absolute atomic E-state index is 6.32. The van der Waals surface area contributed by atoms with Gasteiger partial charge in [-0.1, -0.05) is 19.0 Å². The molecular weight excluding hydrogens is 258 g/mol. The summed E-state index contributed by atoms with van der Waals surface area (Å²) in [5.41, 5.74) is 6.32. The van der Waals surface area contributed by atoms with Crippen LogP contribution in [0.15, 0.2) is 4.52 Å². The molecular formula is C14H23N3OS. The van der Waals surface area contributed by atoms with Gasteiger partial charge in [-0.15, -0.1) is 0 Å². The predicted molar refractivity (Wildman–Crippen MR) is 76.9 cm³/mol. The molecule has 0 aliphatic heterocycles. The molecule has 0 saturated heterocycles. The van der Waals surface area contributed by atoms with Crippen LogP contribution in [0.2, 0.25) is 0 Å². The van der Waals surface area contributed by atoms with Crippen LogP contribution in [0.25, 0.3) is 0 Å². The fraction of sp³-hybridized carbons (Fsp3) is 0.857. The second-order valence-electron chi connectivity index (χ2n) is 6.02. The van der Waals surface area contributed by atoms with Crippen LogP contribution in [0.5, 0.6) is 0 Å². The Labute approximate surface area is 118 Å². The predicted octanol–water partition coefficient (Wildman–Crippen LogP) is 2.94. The van der Waals surface area contributed by atoms with Crippen LogP contribution >= 0.6 is 11.8 Å². The zero-order valence-corrected chi connectivity index (χ0v) is 12.5. The van der Waals surface area contributed by atoms with E-state index in [9.17, 15) is 0 Å². The minimum Gasteiger partial charge on any atom is -0.339 e. The Morgan fingerprint density at radius 1 is 1.42 bits per heavy atom. The van der Waals surface area contributed by atoms with Crippen molar-refractivity contribution in [1.29, 1.82) is 0 Å². The maximum atomic E-state index is 6.32. The summed E-state index contributed by atoms with van der Waals surface area (Å²) in [5, 5.41) is 4.77. The quantitative estimate of drug-likeness (QED) is 0.899. The van der Waals surface area contributed by atoms with Gasteiger partial charge in [-0.05, 0) is 37.5 Å². The zero-order chi connectivity index (χ0) is 13.4. The van der Waals surface area contributed by atoms with E-state index in [4.69, 9.17) is 10.3 Å². The molecule has 1 aromatic rings. The van der Waals surface area contributed by atoms with E-state index in [1.54, 1.807) is 0 Å². The molecule has 2 N–H and O–H groups in total. The molecule has 5 unspecified atom stereocenters. The molecule has 19 heavy (non-hydrogen) atoms. The number of hydrogen-bond acceptors (Lipinski definition) is 5. The van der Waals surface area contributed by atoms with Crippen LogP contribution in [-0.2, 0) is 5.75 Å². The molecule has 106 valence electrons. The highest BCUT2D eigenvalue weighted by Crippen LogP contribution is 2.51. The number of rotatable bonds is 5. The Morgan fingerprint density at radius 3 is 2.89 bits per heavy atom. The van der Waals surface area contributed by atoms with E-state index in [1.807, 2.05) is 11.8 Å². The summed E-state index contributed by atoms with van der Waals surface area (Å²) in [6, 6.07) is 0.231. The third kappa shape index (κ3) is 2.55. The summed E-state index contributed by atoms with van der Waals surface area (Å²) in [5.74, 6) is 4.13. The molecule has 1 aromatic heterocycles. The average Bonchev–Trinajstić information content (AvgIpc) is 3.10.